The van der Waals surface area contributed by atoms with E-state index in [1.165, 1.54) is 13.2 Å². The van der Waals surface area contributed by atoms with Gasteiger partial charge in [-0.25, -0.2) is 0 Å². The molecule has 0 amide bonds. The van der Waals surface area contributed by atoms with E-state index in [4.69, 9.17) is 9.15 Å². The number of para-hydroxylation sites is 1. The Bertz CT molecular complexity index is 642. The average molecular weight is 320 g/mol. The summed E-state index contributed by atoms with van der Waals surface area (Å²) >= 11 is 3.13. The van der Waals surface area contributed by atoms with Gasteiger partial charge in [-0.1, -0.05) is 18.2 Å². The number of nitrogens with zero attached hydrogens (tertiary/aromatic N) is 1. The predicted molar refractivity (Wildman–Crippen MR) is 72.1 cm³/mol. The summed E-state index contributed by atoms with van der Waals surface area (Å²) in [4.78, 5) is 12.3. The van der Waals surface area contributed by atoms with E-state index in [0.29, 0.717) is 16.0 Å². The third kappa shape index (κ3) is 2.69. The lowest BCUT2D eigenvalue weighted by atomic mass is 9.94. The molecule has 19 heavy (non-hydrogen) atoms. The maximum Gasteiger partial charge on any atom is 0.219 e. The Morgan fingerprint density at radius 1 is 1.37 bits per heavy atom. The van der Waals surface area contributed by atoms with Gasteiger partial charge in [-0.15, -0.1) is 0 Å². The highest BCUT2D eigenvalue weighted by atomic mass is 79.9. The van der Waals surface area contributed by atoms with Gasteiger partial charge in [0.25, 0.3) is 0 Å². The Kier molecular flexibility index (Phi) is 4.03. The van der Waals surface area contributed by atoms with Crippen molar-refractivity contribution in [3.63, 3.8) is 0 Å². The molecule has 4 nitrogen and oxygen atoms in total. The number of halogens is 1. The Hall–Kier alpha value is -2.06. The van der Waals surface area contributed by atoms with Crippen LogP contribution in [0.1, 0.15) is 22.0 Å². The first-order valence-corrected chi connectivity index (χ1v) is 6.28. The lowest BCUT2D eigenvalue weighted by molar-refractivity contribution is 0.0949. The van der Waals surface area contributed by atoms with Gasteiger partial charge in [0, 0.05) is 5.56 Å². The molecule has 0 saturated carbocycles. The zero-order valence-corrected chi connectivity index (χ0v) is 11.7. The topological polar surface area (TPSA) is 63.2 Å². The number of benzene rings is 1. The van der Waals surface area contributed by atoms with Crippen LogP contribution in [-0.4, -0.2) is 12.9 Å². The molecule has 0 aliphatic carbocycles. The van der Waals surface area contributed by atoms with Crippen LogP contribution in [0.3, 0.4) is 0 Å². The SMILES string of the molecule is COc1ccccc1C(C#N)C(=O)c1ccc(Br)o1. The van der Waals surface area contributed by atoms with Gasteiger partial charge in [0.15, 0.2) is 10.4 Å². The van der Waals surface area contributed by atoms with E-state index in [2.05, 4.69) is 15.9 Å². The first-order valence-electron chi connectivity index (χ1n) is 5.49. The maximum absolute atomic E-state index is 12.3. The monoisotopic (exact) mass is 319 g/mol. The first-order chi connectivity index (χ1) is 9.17. The molecule has 0 radical (unpaired) electrons. The van der Waals surface area contributed by atoms with Gasteiger partial charge in [0.05, 0.1) is 13.2 Å². The summed E-state index contributed by atoms with van der Waals surface area (Å²) in [7, 11) is 1.50. The number of carbonyl (C=O) groups excluding carboxylic acids is 1. The lowest BCUT2D eigenvalue weighted by Crippen LogP contribution is -2.11. The molecule has 1 aromatic carbocycles. The Morgan fingerprint density at radius 3 is 2.68 bits per heavy atom. The molecule has 0 N–H and O–H groups in total. The van der Waals surface area contributed by atoms with Gasteiger partial charge in [0.2, 0.25) is 5.78 Å². The van der Waals surface area contributed by atoms with Gasteiger partial charge in [-0.3, -0.25) is 4.79 Å². The van der Waals surface area contributed by atoms with Gasteiger partial charge >= 0.3 is 0 Å². The molecule has 5 heteroatoms. The van der Waals surface area contributed by atoms with Crippen LogP contribution in [0.15, 0.2) is 45.5 Å². The fraction of sp³-hybridized carbons (Fsp3) is 0.143. The van der Waals surface area contributed by atoms with Crippen LogP contribution in [0.5, 0.6) is 5.75 Å². The summed E-state index contributed by atoms with van der Waals surface area (Å²) in [6, 6.07) is 12.1. The number of ketones is 1. The maximum atomic E-state index is 12.3. The predicted octanol–water partition coefficient (Wildman–Crippen LogP) is 3.54. The van der Waals surface area contributed by atoms with E-state index in [-0.39, 0.29) is 5.76 Å². The second-order valence-electron chi connectivity index (χ2n) is 3.77. The number of carbonyl (C=O) groups is 1. The van der Waals surface area contributed by atoms with Gasteiger partial charge in [0.1, 0.15) is 11.7 Å². The van der Waals surface area contributed by atoms with Crippen molar-refractivity contribution in [1.82, 2.24) is 0 Å². The van der Waals surface area contributed by atoms with Crippen molar-refractivity contribution in [3.8, 4) is 11.8 Å². The van der Waals surface area contributed by atoms with Crippen LogP contribution in [0, 0.1) is 11.3 Å². The molecule has 0 saturated heterocycles. The van der Waals surface area contributed by atoms with Gasteiger partial charge < -0.3 is 9.15 Å². The molecule has 96 valence electrons. The van der Waals surface area contributed by atoms with E-state index < -0.39 is 11.7 Å². The molecule has 0 fully saturated rings. The van der Waals surface area contributed by atoms with Crippen molar-refractivity contribution in [1.29, 1.82) is 5.26 Å². The van der Waals surface area contributed by atoms with Crippen LogP contribution in [0.4, 0.5) is 0 Å². The molecule has 0 aliphatic rings. The third-order valence-electron chi connectivity index (χ3n) is 2.66. The zero-order valence-electron chi connectivity index (χ0n) is 10.1. The standard InChI is InChI=1S/C14H10BrNO3/c1-18-11-5-3-2-4-9(11)10(8-16)14(17)12-6-7-13(15)19-12/h2-7,10H,1H3. The molecule has 2 aromatic rings. The highest BCUT2D eigenvalue weighted by Gasteiger charge is 2.26. The second-order valence-corrected chi connectivity index (χ2v) is 4.55. The van der Waals surface area contributed by atoms with Crippen LogP contribution < -0.4 is 4.74 Å². The normalized spacial score (nSPS) is 11.6. The summed E-state index contributed by atoms with van der Waals surface area (Å²) in [5.74, 6) is -0.691. The molecule has 1 unspecified atom stereocenters. The Balaban J connectivity index is 2.40. The summed E-state index contributed by atoms with van der Waals surface area (Å²) in [5.41, 5.74) is 0.532. The van der Waals surface area contributed by atoms with Crippen molar-refractivity contribution >= 4 is 21.7 Å². The van der Waals surface area contributed by atoms with E-state index in [0.717, 1.165) is 0 Å². The fourth-order valence-electron chi connectivity index (χ4n) is 1.76. The average Bonchev–Trinajstić information content (AvgIpc) is 2.86. The van der Waals surface area contributed by atoms with Crippen LogP contribution in [-0.2, 0) is 0 Å². The Morgan fingerprint density at radius 2 is 2.11 bits per heavy atom. The minimum absolute atomic E-state index is 0.143. The molecular weight excluding hydrogens is 310 g/mol. The van der Waals surface area contributed by atoms with E-state index in [9.17, 15) is 10.1 Å². The summed E-state index contributed by atoms with van der Waals surface area (Å²) in [5, 5.41) is 9.26. The van der Waals surface area contributed by atoms with Crippen molar-refractivity contribution in [3.05, 3.63) is 52.4 Å². The molecule has 0 bridgehead atoms. The highest BCUT2D eigenvalue weighted by molar-refractivity contribution is 9.10. The minimum atomic E-state index is -0.950. The molecular formula is C14H10BrNO3. The van der Waals surface area contributed by atoms with Crippen LogP contribution >= 0.6 is 15.9 Å². The van der Waals surface area contributed by atoms with Gasteiger partial charge in [-0.2, -0.15) is 5.26 Å². The van der Waals surface area contributed by atoms with Crippen LogP contribution in [0.25, 0.3) is 0 Å². The number of Topliss-reactive ketones (excluding diaryl/α,β-unsaturated/α-hetero) is 1. The number of rotatable bonds is 4. The molecule has 1 aromatic heterocycles. The number of methoxy groups -OCH3 is 1. The summed E-state index contributed by atoms with van der Waals surface area (Å²) < 4.78 is 10.8. The van der Waals surface area contributed by atoms with Crippen molar-refractivity contribution in [2.24, 2.45) is 0 Å². The van der Waals surface area contributed by atoms with Gasteiger partial charge in [-0.05, 0) is 34.1 Å². The van der Waals surface area contributed by atoms with E-state index in [1.54, 1.807) is 30.3 Å². The molecule has 1 atom stereocenters. The molecule has 2 rings (SSSR count). The van der Waals surface area contributed by atoms with Crippen molar-refractivity contribution < 1.29 is 13.9 Å². The summed E-state index contributed by atoms with van der Waals surface area (Å²) in [6.45, 7) is 0. The van der Waals surface area contributed by atoms with Crippen LogP contribution in [0.2, 0.25) is 0 Å². The molecule has 0 spiro atoms. The van der Waals surface area contributed by atoms with Crippen molar-refractivity contribution in [2.45, 2.75) is 5.92 Å². The van der Waals surface area contributed by atoms with E-state index in [1.807, 2.05) is 6.07 Å². The number of furan rings is 1. The first kappa shape index (κ1) is 13.4. The number of hydrogen-bond donors (Lipinski definition) is 0. The van der Waals surface area contributed by atoms with E-state index >= 15 is 0 Å². The molecule has 1 heterocycles. The lowest BCUT2D eigenvalue weighted by Gasteiger charge is -2.11. The second kappa shape index (κ2) is 5.72. The summed E-state index contributed by atoms with van der Waals surface area (Å²) in [6.07, 6.45) is 0. The fourth-order valence-corrected chi connectivity index (χ4v) is 2.07. The smallest absolute Gasteiger partial charge is 0.219 e. The third-order valence-corrected chi connectivity index (χ3v) is 3.08. The molecule has 0 aliphatic heterocycles. The zero-order chi connectivity index (χ0) is 13.8. The number of nitriles is 1. The van der Waals surface area contributed by atoms with Crippen molar-refractivity contribution in [2.75, 3.05) is 7.11 Å². The number of ether oxygens (including phenoxy) is 1. The number of hydrogen-bond acceptors (Lipinski definition) is 4. The quantitative estimate of drug-likeness (QED) is 0.808. The highest BCUT2D eigenvalue weighted by Crippen LogP contribution is 2.29. The largest absolute Gasteiger partial charge is 0.496 e. The minimum Gasteiger partial charge on any atom is -0.496 e. The Labute approximate surface area is 118 Å².